The number of methoxy groups -OCH3 is 1. The van der Waals surface area contributed by atoms with Crippen LogP contribution in [0.2, 0.25) is 0 Å². The van der Waals surface area contributed by atoms with E-state index in [0.717, 1.165) is 12.1 Å². The number of benzene rings is 2. The minimum absolute atomic E-state index is 0.0156. The van der Waals surface area contributed by atoms with Crippen molar-refractivity contribution in [2.75, 3.05) is 20.8 Å². The molecule has 0 N–H and O–H groups in total. The lowest BCUT2D eigenvalue weighted by atomic mass is 10.2. The smallest absolute Gasteiger partial charge is 0.416 e. The molecule has 0 fully saturated rings. The summed E-state index contributed by atoms with van der Waals surface area (Å²) in [6.45, 7) is -0.420. The molecule has 0 unspecified atom stereocenters. The molecule has 0 aliphatic heterocycles. The Morgan fingerprint density at radius 1 is 1.13 bits per heavy atom. The van der Waals surface area contributed by atoms with Gasteiger partial charge in [0.05, 0.1) is 19.2 Å². The van der Waals surface area contributed by atoms with E-state index in [1.807, 2.05) is 0 Å². The Bertz CT molecular complexity index is 1020. The number of nitrogens with zero attached hydrogens (tertiary/aromatic N) is 3. The molecule has 7 nitrogen and oxygen atoms in total. The number of hydrogen-bond donors (Lipinski definition) is 0. The van der Waals surface area contributed by atoms with Gasteiger partial charge in [0.25, 0.3) is 5.91 Å². The van der Waals surface area contributed by atoms with Gasteiger partial charge in [0.1, 0.15) is 11.5 Å². The number of rotatable bonds is 7. The van der Waals surface area contributed by atoms with Crippen molar-refractivity contribution >= 4 is 5.91 Å². The zero-order valence-corrected chi connectivity index (χ0v) is 16.1. The lowest BCUT2D eigenvalue weighted by molar-refractivity contribution is -0.137. The molecule has 30 heavy (non-hydrogen) atoms. The van der Waals surface area contributed by atoms with Crippen LogP contribution < -0.4 is 9.47 Å². The molecule has 0 atom stereocenters. The fourth-order valence-corrected chi connectivity index (χ4v) is 2.51. The second-order valence-corrected chi connectivity index (χ2v) is 6.31. The molecule has 1 aromatic heterocycles. The summed E-state index contributed by atoms with van der Waals surface area (Å²) in [4.78, 5) is 17.8. The molecule has 0 aliphatic rings. The number of ether oxygens (including phenoxy) is 2. The standard InChI is InChI=1S/C20H18F3N3O4/c1-26(18(27)12-29-16-8-4-6-14(10-16)20(21,22)23)11-17-24-19(25-30-17)13-5-3-7-15(9-13)28-2/h3-10H,11-12H2,1-2H3. The lowest BCUT2D eigenvalue weighted by Gasteiger charge is -2.15. The molecular weight excluding hydrogens is 403 g/mol. The lowest BCUT2D eigenvalue weighted by Crippen LogP contribution is -2.31. The van der Waals surface area contributed by atoms with Gasteiger partial charge in [-0.1, -0.05) is 23.4 Å². The molecule has 0 saturated carbocycles. The third-order valence-corrected chi connectivity index (χ3v) is 4.12. The van der Waals surface area contributed by atoms with Gasteiger partial charge in [-0.2, -0.15) is 18.2 Å². The van der Waals surface area contributed by atoms with Crippen LogP contribution in [0.25, 0.3) is 11.4 Å². The van der Waals surface area contributed by atoms with Crippen molar-refractivity contribution < 1.29 is 32.0 Å². The van der Waals surface area contributed by atoms with Crippen molar-refractivity contribution in [3.8, 4) is 22.9 Å². The predicted octanol–water partition coefficient (Wildman–Crippen LogP) is 3.80. The highest BCUT2D eigenvalue weighted by atomic mass is 19.4. The molecule has 0 bridgehead atoms. The molecule has 0 spiro atoms. The number of likely N-dealkylation sites (N-methyl/N-ethyl adjacent to an activating group) is 1. The van der Waals surface area contributed by atoms with Crippen LogP contribution in [-0.2, 0) is 17.5 Å². The van der Waals surface area contributed by atoms with Crippen LogP contribution in [0.4, 0.5) is 13.2 Å². The van der Waals surface area contributed by atoms with Gasteiger partial charge in [-0.05, 0) is 30.3 Å². The van der Waals surface area contributed by atoms with E-state index in [2.05, 4.69) is 10.1 Å². The zero-order valence-electron chi connectivity index (χ0n) is 16.1. The van der Waals surface area contributed by atoms with E-state index in [0.29, 0.717) is 17.1 Å². The van der Waals surface area contributed by atoms with E-state index < -0.39 is 24.3 Å². The largest absolute Gasteiger partial charge is 0.497 e. The molecule has 3 aromatic rings. The summed E-state index contributed by atoms with van der Waals surface area (Å²) >= 11 is 0. The summed E-state index contributed by atoms with van der Waals surface area (Å²) in [5.41, 5.74) is -0.164. The molecular formula is C20H18F3N3O4. The number of amides is 1. The topological polar surface area (TPSA) is 77.7 Å². The molecule has 0 saturated heterocycles. The van der Waals surface area contributed by atoms with Gasteiger partial charge in [0, 0.05) is 12.6 Å². The molecule has 3 rings (SSSR count). The summed E-state index contributed by atoms with van der Waals surface area (Å²) in [5.74, 6) is 0.656. The monoisotopic (exact) mass is 421 g/mol. The summed E-state index contributed by atoms with van der Waals surface area (Å²) in [6, 6.07) is 11.4. The zero-order chi connectivity index (χ0) is 21.7. The Morgan fingerprint density at radius 2 is 1.87 bits per heavy atom. The van der Waals surface area contributed by atoms with E-state index in [9.17, 15) is 18.0 Å². The highest BCUT2D eigenvalue weighted by Gasteiger charge is 2.30. The second kappa shape index (κ2) is 8.85. The van der Waals surface area contributed by atoms with Gasteiger partial charge in [0.2, 0.25) is 11.7 Å². The summed E-state index contributed by atoms with van der Waals surface area (Å²) in [7, 11) is 3.04. The molecule has 1 amide bonds. The first-order valence-corrected chi connectivity index (χ1v) is 8.77. The first kappa shape index (κ1) is 21.2. The molecule has 2 aromatic carbocycles. The normalized spacial score (nSPS) is 11.2. The van der Waals surface area contributed by atoms with Crippen molar-refractivity contribution in [2.45, 2.75) is 12.7 Å². The Balaban J connectivity index is 1.58. The van der Waals surface area contributed by atoms with E-state index in [1.54, 1.807) is 31.4 Å². The van der Waals surface area contributed by atoms with E-state index in [-0.39, 0.29) is 18.2 Å². The number of halogens is 3. The average molecular weight is 421 g/mol. The number of alkyl halides is 3. The third-order valence-electron chi connectivity index (χ3n) is 4.12. The van der Waals surface area contributed by atoms with Crippen molar-refractivity contribution in [1.82, 2.24) is 15.0 Å². The molecule has 0 radical (unpaired) electrons. The minimum Gasteiger partial charge on any atom is -0.497 e. The summed E-state index contributed by atoms with van der Waals surface area (Å²) < 4.78 is 53.7. The predicted molar refractivity (Wildman–Crippen MR) is 99.7 cm³/mol. The fraction of sp³-hybridized carbons (Fsp3) is 0.250. The van der Waals surface area contributed by atoms with Gasteiger partial charge in [0.15, 0.2) is 6.61 Å². The van der Waals surface area contributed by atoms with Gasteiger partial charge >= 0.3 is 6.18 Å². The Kier molecular flexibility index (Phi) is 6.24. The van der Waals surface area contributed by atoms with E-state index >= 15 is 0 Å². The Morgan fingerprint density at radius 3 is 2.60 bits per heavy atom. The molecule has 10 heteroatoms. The van der Waals surface area contributed by atoms with Crippen LogP contribution in [0.1, 0.15) is 11.5 Å². The number of hydrogen-bond acceptors (Lipinski definition) is 6. The first-order valence-electron chi connectivity index (χ1n) is 8.77. The van der Waals surface area contributed by atoms with Gasteiger partial charge < -0.3 is 18.9 Å². The fourth-order valence-electron chi connectivity index (χ4n) is 2.51. The van der Waals surface area contributed by atoms with Crippen LogP contribution in [-0.4, -0.2) is 41.7 Å². The van der Waals surface area contributed by atoms with Crippen molar-refractivity contribution in [2.24, 2.45) is 0 Å². The average Bonchev–Trinajstić information content (AvgIpc) is 3.20. The maximum atomic E-state index is 12.7. The van der Waals surface area contributed by atoms with Crippen LogP contribution in [0.5, 0.6) is 11.5 Å². The van der Waals surface area contributed by atoms with Crippen LogP contribution >= 0.6 is 0 Å². The van der Waals surface area contributed by atoms with Crippen molar-refractivity contribution in [3.05, 3.63) is 60.0 Å². The SMILES string of the molecule is COc1cccc(-c2noc(CN(C)C(=O)COc3cccc(C(F)(F)F)c3)n2)c1. The van der Waals surface area contributed by atoms with Crippen molar-refractivity contribution in [1.29, 1.82) is 0 Å². The molecule has 1 heterocycles. The molecule has 158 valence electrons. The summed E-state index contributed by atoms with van der Waals surface area (Å²) in [5, 5.41) is 3.88. The van der Waals surface area contributed by atoms with Gasteiger partial charge in [-0.3, -0.25) is 4.79 Å². The van der Waals surface area contributed by atoms with E-state index in [4.69, 9.17) is 14.0 Å². The third kappa shape index (κ3) is 5.28. The number of aromatic nitrogens is 2. The van der Waals surface area contributed by atoms with Crippen molar-refractivity contribution in [3.63, 3.8) is 0 Å². The maximum absolute atomic E-state index is 12.7. The first-order chi connectivity index (χ1) is 14.3. The maximum Gasteiger partial charge on any atom is 0.416 e. The highest BCUT2D eigenvalue weighted by Crippen LogP contribution is 2.31. The van der Waals surface area contributed by atoms with Gasteiger partial charge in [-0.25, -0.2) is 0 Å². The summed E-state index contributed by atoms with van der Waals surface area (Å²) in [6.07, 6.45) is -4.49. The second-order valence-electron chi connectivity index (χ2n) is 6.31. The highest BCUT2D eigenvalue weighted by molar-refractivity contribution is 5.77. The van der Waals surface area contributed by atoms with Crippen LogP contribution in [0.15, 0.2) is 53.1 Å². The van der Waals surface area contributed by atoms with Crippen LogP contribution in [0, 0.1) is 0 Å². The Labute approximate surface area is 170 Å². The Hall–Kier alpha value is -3.56. The number of carbonyl (C=O) groups excluding carboxylic acids is 1. The van der Waals surface area contributed by atoms with E-state index in [1.165, 1.54) is 24.1 Å². The number of carbonyl (C=O) groups is 1. The molecule has 0 aliphatic carbocycles. The minimum atomic E-state index is -4.49. The van der Waals surface area contributed by atoms with Gasteiger partial charge in [-0.15, -0.1) is 0 Å². The quantitative estimate of drug-likeness (QED) is 0.578. The van der Waals surface area contributed by atoms with Crippen LogP contribution in [0.3, 0.4) is 0 Å².